The molecule has 0 saturated carbocycles. The van der Waals surface area contributed by atoms with Crippen LogP contribution in [-0.4, -0.2) is 30.5 Å². The van der Waals surface area contributed by atoms with E-state index in [1.807, 2.05) is 12.1 Å². The summed E-state index contributed by atoms with van der Waals surface area (Å²) in [4.78, 5) is 13.7. The van der Waals surface area contributed by atoms with E-state index in [0.29, 0.717) is 10.8 Å². The van der Waals surface area contributed by atoms with Gasteiger partial charge in [0.1, 0.15) is 5.75 Å². The van der Waals surface area contributed by atoms with Crippen LogP contribution in [0.2, 0.25) is 5.02 Å². The molecule has 1 amide bonds. The number of likely N-dealkylation sites (N-methyl/N-ethyl adjacent to an activating group) is 1. The number of nitrogens with zero attached hydrogens (tertiary/aromatic N) is 1. The Hall–Kier alpha value is -1.22. The molecule has 0 heterocycles. The topological polar surface area (TPSA) is 29.5 Å². The maximum Gasteiger partial charge on any atom is 0.263 e. The molecule has 0 saturated heterocycles. The number of para-hydroxylation sites is 1. The maximum absolute atomic E-state index is 12.0. The van der Waals surface area contributed by atoms with Gasteiger partial charge in [-0.05, 0) is 25.5 Å². The van der Waals surface area contributed by atoms with Crippen LogP contribution in [0, 0.1) is 0 Å². The summed E-state index contributed by atoms with van der Waals surface area (Å²) in [7, 11) is 1.80. The minimum absolute atomic E-state index is 0.0247. The molecule has 0 bridgehead atoms. The first kappa shape index (κ1) is 14.8. The van der Waals surface area contributed by atoms with Gasteiger partial charge in [0.15, 0.2) is 6.10 Å². The van der Waals surface area contributed by atoms with Gasteiger partial charge in [-0.15, -0.1) is 0 Å². The second-order valence-electron chi connectivity index (χ2n) is 4.30. The number of hydrogen-bond acceptors (Lipinski definition) is 2. The summed E-state index contributed by atoms with van der Waals surface area (Å²) in [5.41, 5.74) is 0. The number of carbonyl (C=O) groups excluding carboxylic acids is 1. The fourth-order valence-electron chi connectivity index (χ4n) is 1.60. The van der Waals surface area contributed by atoms with Crippen LogP contribution in [0.15, 0.2) is 24.3 Å². The average Bonchev–Trinajstić information content (AvgIpc) is 2.37. The Kier molecular flexibility index (Phi) is 5.99. The van der Waals surface area contributed by atoms with E-state index in [1.54, 1.807) is 31.0 Å². The van der Waals surface area contributed by atoms with E-state index in [0.717, 1.165) is 19.4 Å². The van der Waals surface area contributed by atoms with Gasteiger partial charge in [0.25, 0.3) is 5.91 Å². The number of halogens is 1. The highest BCUT2D eigenvalue weighted by Crippen LogP contribution is 2.24. The molecule has 1 atom stereocenters. The molecule has 0 aliphatic rings. The monoisotopic (exact) mass is 269 g/mol. The number of ether oxygens (including phenoxy) is 1. The van der Waals surface area contributed by atoms with Crippen LogP contribution in [0.25, 0.3) is 0 Å². The SMILES string of the molecule is CCCCN(C)C(=O)C(C)Oc1ccccc1Cl. The second kappa shape index (κ2) is 7.27. The quantitative estimate of drug-likeness (QED) is 0.792. The lowest BCUT2D eigenvalue weighted by molar-refractivity contribution is -0.136. The molecule has 1 aromatic carbocycles. The first-order chi connectivity index (χ1) is 8.56. The van der Waals surface area contributed by atoms with Gasteiger partial charge < -0.3 is 9.64 Å². The Bertz CT molecular complexity index is 395. The van der Waals surface area contributed by atoms with Crippen molar-refractivity contribution in [2.45, 2.75) is 32.8 Å². The summed E-state index contributed by atoms with van der Waals surface area (Å²) in [5.74, 6) is 0.521. The summed E-state index contributed by atoms with van der Waals surface area (Å²) in [6.07, 6.45) is 1.55. The Morgan fingerprint density at radius 3 is 2.72 bits per heavy atom. The molecule has 0 N–H and O–H groups in total. The van der Waals surface area contributed by atoms with Gasteiger partial charge in [-0.2, -0.15) is 0 Å². The van der Waals surface area contributed by atoms with Crippen LogP contribution in [0.4, 0.5) is 0 Å². The van der Waals surface area contributed by atoms with Gasteiger partial charge in [-0.25, -0.2) is 0 Å². The molecular weight excluding hydrogens is 250 g/mol. The first-order valence-corrected chi connectivity index (χ1v) is 6.60. The summed E-state index contributed by atoms with van der Waals surface area (Å²) < 4.78 is 5.58. The molecular formula is C14H20ClNO2. The van der Waals surface area contributed by atoms with Crippen molar-refractivity contribution < 1.29 is 9.53 Å². The van der Waals surface area contributed by atoms with Crippen LogP contribution >= 0.6 is 11.6 Å². The molecule has 3 nitrogen and oxygen atoms in total. The van der Waals surface area contributed by atoms with E-state index >= 15 is 0 Å². The van der Waals surface area contributed by atoms with Gasteiger partial charge in [0.05, 0.1) is 5.02 Å². The van der Waals surface area contributed by atoms with E-state index in [1.165, 1.54) is 0 Å². The highest BCUT2D eigenvalue weighted by atomic mass is 35.5. The van der Waals surface area contributed by atoms with Gasteiger partial charge in [0, 0.05) is 13.6 Å². The molecule has 4 heteroatoms. The molecule has 1 unspecified atom stereocenters. The Morgan fingerprint density at radius 1 is 1.44 bits per heavy atom. The first-order valence-electron chi connectivity index (χ1n) is 6.22. The molecule has 18 heavy (non-hydrogen) atoms. The van der Waals surface area contributed by atoms with E-state index in [4.69, 9.17) is 16.3 Å². The molecule has 1 aromatic rings. The largest absolute Gasteiger partial charge is 0.479 e. The number of amides is 1. The van der Waals surface area contributed by atoms with E-state index in [9.17, 15) is 4.79 Å². The molecule has 0 aliphatic heterocycles. The minimum atomic E-state index is -0.522. The Balaban J connectivity index is 2.57. The summed E-state index contributed by atoms with van der Waals surface area (Å²) in [6.45, 7) is 4.60. The maximum atomic E-state index is 12.0. The van der Waals surface area contributed by atoms with E-state index in [2.05, 4.69) is 6.92 Å². The fourth-order valence-corrected chi connectivity index (χ4v) is 1.78. The van der Waals surface area contributed by atoms with E-state index in [-0.39, 0.29) is 5.91 Å². The standard InChI is InChI=1S/C14H20ClNO2/c1-4-5-10-16(3)14(17)11(2)18-13-9-7-6-8-12(13)15/h6-9,11H,4-5,10H2,1-3H3. The molecule has 0 spiro atoms. The van der Waals surface area contributed by atoms with Gasteiger partial charge in [-0.1, -0.05) is 37.1 Å². The van der Waals surface area contributed by atoms with Crippen LogP contribution in [0.5, 0.6) is 5.75 Å². The predicted molar refractivity (Wildman–Crippen MR) is 74.1 cm³/mol. The van der Waals surface area contributed by atoms with Crippen LogP contribution in [0.1, 0.15) is 26.7 Å². The number of unbranched alkanes of at least 4 members (excludes halogenated alkanes) is 1. The third kappa shape index (κ3) is 4.22. The van der Waals surface area contributed by atoms with Crippen LogP contribution < -0.4 is 4.74 Å². The van der Waals surface area contributed by atoms with Crippen molar-refractivity contribution in [2.75, 3.05) is 13.6 Å². The van der Waals surface area contributed by atoms with Gasteiger partial charge in [-0.3, -0.25) is 4.79 Å². The van der Waals surface area contributed by atoms with Gasteiger partial charge in [0.2, 0.25) is 0 Å². The highest BCUT2D eigenvalue weighted by Gasteiger charge is 2.19. The van der Waals surface area contributed by atoms with E-state index < -0.39 is 6.10 Å². The molecule has 0 radical (unpaired) electrons. The minimum Gasteiger partial charge on any atom is -0.479 e. The van der Waals surface area contributed by atoms with Crippen molar-refractivity contribution in [3.8, 4) is 5.75 Å². The number of benzene rings is 1. The molecule has 1 rings (SSSR count). The number of carbonyl (C=O) groups is 1. The highest BCUT2D eigenvalue weighted by molar-refractivity contribution is 6.32. The third-order valence-corrected chi connectivity index (χ3v) is 3.02. The number of hydrogen-bond donors (Lipinski definition) is 0. The van der Waals surface area contributed by atoms with Crippen molar-refractivity contribution >= 4 is 17.5 Å². The summed E-state index contributed by atoms with van der Waals surface area (Å²) in [6, 6.07) is 7.17. The van der Waals surface area contributed by atoms with Crippen LogP contribution in [-0.2, 0) is 4.79 Å². The lowest BCUT2D eigenvalue weighted by Gasteiger charge is -2.22. The molecule has 0 aromatic heterocycles. The zero-order valence-corrected chi connectivity index (χ0v) is 11.9. The van der Waals surface area contributed by atoms with Crippen LogP contribution in [0.3, 0.4) is 0 Å². The fraction of sp³-hybridized carbons (Fsp3) is 0.500. The summed E-state index contributed by atoms with van der Waals surface area (Å²) >= 11 is 5.99. The van der Waals surface area contributed by atoms with Crippen molar-refractivity contribution in [2.24, 2.45) is 0 Å². The third-order valence-electron chi connectivity index (χ3n) is 2.71. The smallest absolute Gasteiger partial charge is 0.263 e. The van der Waals surface area contributed by atoms with Crippen molar-refractivity contribution in [3.63, 3.8) is 0 Å². The second-order valence-corrected chi connectivity index (χ2v) is 4.71. The zero-order chi connectivity index (χ0) is 13.5. The van der Waals surface area contributed by atoms with Crippen molar-refractivity contribution in [1.82, 2.24) is 4.90 Å². The summed E-state index contributed by atoms with van der Waals surface area (Å²) in [5, 5.41) is 0.522. The molecule has 0 fully saturated rings. The van der Waals surface area contributed by atoms with Gasteiger partial charge >= 0.3 is 0 Å². The molecule has 0 aliphatic carbocycles. The zero-order valence-electron chi connectivity index (χ0n) is 11.1. The lowest BCUT2D eigenvalue weighted by Crippen LogP contribution is -2.38. The molecule has 100 valence electrons. The normalized spacial score (nSPS) is 12.0. The lowest BCUT2D eigenvalue weighted by atomic mass is 10.3. The predicted octanol–water partition coefficient (Wildman–Crippen LogP) is 3.37. The Morgan fingerprint density at radius 2 is 2.11 bits per heavy atom. The van der Waals surface area contributed by atoms with Crippen molar-refractivity contribution in [1.29, 1.82) is 0 Å². The number of rotatable bonds is 6. The van der Waals surface area contributed by atoms with Crippen molar-refractivity contribution in [3.05, 3.63) is 29.3 Å². The average molecular weight is 270 g/mol. The Labute approximate surface area is 114 Å².